The number of hydrogen-bond acceptors (Lipinski definition) is 4. The molecule has 1 aliphatic carbocycles. The second kappa shape index (κ2) is 8.83. The van der Waals surface area contributed by atoms with Gasteiger partial charge in [0.15, 0.2) is 5.76 Å². The van der Waals surface area contributed by atoms with Crippen LogP contribution in [-0.2, 0) is 25.9 Å². The van der Waals surface area contributed by atoms with Crippen LogP contribution in [0.1, 0.15) is 48.9 Å². The van der Waals surface area contributed by atoms with E-state index in [1.54, 1.807) is 24.3 Å². The number of amides is 2. The van der Waals surface area contributed by atoms with Crippen molar-refractivity contribution in [2.75, 3.05) is 0 Å². The molecule has 4 aromatic rings. The first-order chi connectivity index (χ1) is 16.4. The van der Waals surface area contributed by atoms with Crippen molar-refractivity contribution >= 4 is 23.4 Å². The predicted molar refractivity (Wildman–Crippen MR) is 129 cm³/mol. The normalized spacial score (nSPS) is 12.2. The van der Waals surface area contributed by atoms with Crippen LogP contribution in [0.3, 0.4) is 0 Å². The smallest absolute Gasteiger partial charge is 0.287 e. The molecule has 0 saturated heterocycles. The molecule has 2 aromatic heterocycles. The maximum atomic E-state index is 12.9. The summed E-state index contributed by atoms with van der Waals surface area (Å²) in [6.45, 7) is 2.84. The molecule has 0 atom stereocenters. The van der Waals surface area contributed by atoms with E-state index in [4.69, 9.17) is 26.9 Å². The molecule has 0 saturated carbocycles. The number of carbonyl (C=O) groups excluding carboxylic acids is 2. The van der Waals surface area contributed by atoms with Crippen LogP contribution in [0, 0.1) is 6.92 Å². The number of carbonyl (C=O) groups is 2. The SMILES string of the molecule is Cc1c(C(=O)NCc2ccc(C(N)=O)cc2)oc2c1-c1nn(Cc3ccc(Cl)cc3)cc1CC2. The maximum Gasteiger partial charge on any atom is 0.287 e. The molecule has 0 bridgehead atoms. The highest BCUT2D eigenvalue weighted by Gasteiger charge is 2.29. The van der Waals surface area contributed by atoms with E-state index >= 15 is 0 Å². The number of halogens is 1. The summed E-state index contributed by atoms with van der Waals surface area (Å²) in [6.07, 6.45) is 3.59. The van der Waals surface area contributed by atoms with E-state index in [1.807, 2.05) is 35.9 Å². The lowest BCUT2D eigenvalue weighted by molar-refractivity contribution is 0.0919. The van der Waals surface area contributed by atoms with Crippen molar-refractivity contribution in [2.24, 2.45) is 5.73 Å². The number of rotatable bonds is 6. The summed E-state index contributed by atoms with van der Waals surface area (Å²) in [4.78, 5) is 24.1. The van der Waals surface area contributed by atoms with E-state index in [0.29, 0.717) is 29.4 Å². The van der Waals surface area contributed by atoms with Gasteiger partial charge in [0.25, 0.3) is 5.91 Å². The Morgan fingerprint density at radius 3 is 2.50 bits per heavy atom. The highest BCUT2D eigenvalue weighted by Crippen LogP contribution is 2.38. The Labute approximate surface area is 201 Å². The molecule has 0 aliphatic heterocycles. The zero-order valence-corrected chi connectivity index (χ0v) is 19.4. The summed E-state index contributed by atoms with van der Waals surface area (Å²) >= 11 is 5.99. The number of aromatic nitrogens is 2. The van der Waals surface area contributed by atoms with Gasteiger partial charge in [0, 0.05) is 40.9 Å². The van der Waals surface area contributed by atoms with Gasteiger partial charge in [0.05, 0.1) is 12.2 Å². The highest BCUT2D eigenvalue weighted by molar-refractivity contribution is 6.30. The van der Waals surface area contributed by atoms with Crippen LogP contribution >= 0.6 is 11.6 Å². The number of fused-ring (bicyclic) bond motifs is 3. The van der Waals surface area contributed by atoms with Crippen molar-refractivity contribution < 1.29 is 14.0 Å². The average Bonchev–Trinajstić information content (AvgIpc) is 3.39. The first kappa shape index (κ1) is 22.0. The van der Waals surface area contributed by atoms with E-state index in [0.717, 1.165) is 52.1 Å². The van der Waals surface area contributed by atoms with E-state index in [-0.39, 0.29) is 5.91 Å². The molecule has 3 N–H and O–H groups in total. The van der Waals surface area contributed by atoms with Gasteiger partial charge in [-0.25, -0.2) is 0 Å². The molecular formula is C26H23ClN4O3. The first-order valence-electron chi connectivity index (χ1n) is 11.0. The zero-order valence-electron chi connectivity index (χ0n) is 18.6. The molecule has 172 valence electrons. The molecule has 34 heavy (non-hydrogen) atoms. The topological polar surface area (TPSA) is 103 Å². The minimum atomic E-state index is -0.484. The monoisotopic (exact) mass is 474 g/mol. The lowest BCUT2D eigenvalue weighted by Crippen LogP contribution is -2.23. The van der Waals surface area contributed by atoms with Crippen LogP contribution < -0.4 is 11.1 Å². The summed E-state index contributed by atoms with van der Waals surface area (Å²) in [5, 5.41) is 8.41. The molecule has 2 heterocycles. The van der Waals surface area contributed by atoms with Gasteiger partial charge in [-0.05, 0) is 54.3 Å². The van der Waals surface area contributed by atoms with E-state index in [2.05, 4.69) is 11.5 Å². The summed E-state index contributed by atoms with van der Waals surface area (Å²) in [6, 6.07) is 14.5. The average molecular weight is 475 g/mol. The Hall–Kier alpha value is -3.84. The lowest BCUT2D eigenvalue weighted by Gasteiger charge is -2.09. The third-order valence-corrected chi connectivity index (χ3v) is 6.32. The number of nitrogens with two attached hydrogens (primary N) is 1. The number of nitrogens with zero attached hydrogens (tertiary/aromatic N) is 2. The van der Waals surface area contributed by atoms with Crippen LogP contribution in [0.25, 0.3) is 11.3 Å². The molecule has 8 heteroatoms. The largest absolute Gasteiger partial charge is 0.455 e. The van der Waals surface area contributed by atoms with Crippen LogP contribution in [-0.4, -0.2) is 21.6 Å². The van der Waals surface area contributed by atoms with Gasteiger partial charge < -0.3 is 15.5 Å². The standard InChI is InChI=1S/C26H23ClN4O3/c1-15-22-21(34-24(15)26(33)29-12-16-2-6-18(7-3-16)25(28)32)11-8-19-14-31(30-23(19)22)13-17-4-9-20(27)10-5-17/h2-7,9-10,14H,8,11-13H2,1H3,(H2,28,32)(H,29,33). The second-order valence-corrected chi connectivity index (χ2v) is 8.86. The van der Waals surface area contributed by atoms with E-state index in [1.165, 1.54) is 0 Å². The molecule has 0 unspecified atom stereocenters. The highest BCUT2D eigenvalue weighted by atomic mass is 35.5. The molecule has 5 rings (SSSR count). The number of aryl methyl sites for hydroxylation is 2. The second-order valence-electron chi connectivity index (χ2n) is 8.43. The summed E-state index contributed by atoms with van der Waals surface area (Å²) < 4.78 is 7.92. The van der Waals surface area contributed by atoms with E-state index < -0.39 is 5.91 Å². The Morgan fingerprint density at radius 1 is 1.09 bits per heavy atom. The molecule has 7 nitrogen and oxygen atoms in total. The molecule has 0 fully saturated rings. The number of nitrogens with one attached hydrogen (secondary N) is 1. The van der Waals surface area contributed by atoms with Crippen molar-refractivity contribution in [2.45, 2.75) is 32.9 Å². The molecule has 0 spiro atoms. The third kappa shape index (κ3) is 4.22. The molecule has 2 amide bonds. The quantitative estimate of drug-likeness (QED) is 0.435. The Balaban J connectivity index is 1.34. The van der Waals surface area contributed by atoms with Gasteiger partial charge in [-0.3, -0.25) is 14.3 Å². The number of primary amides is 1. The van der Waals surface area contributed by atoms with Crippen molar-refractivity contribution in [3.63, 3.8) is 0 Å². The van der Waals surface area contributed by atoms with Gasteiger partial charge in [-0.15, -0.1) is 0 Å². The minimum Gasteiger partial charge on any atom is -0.455 e. The van der Waals surface area contributed by atoms with Crippen LogP contribution in [0.15, 0.2) is 59.1 Å². The van der Waals surface area contributed by atoms with Crippen molar-refractivity contribution in [3.8, 4) is 11.3 Å². The summed E-state index contributed by atoms with van der Waals surface area (Å²) in [5.74, 6) is 0.326. The summed E-state index contributed by atoms with van der Waals surface area (Å²) in [7, 11) is 0. The van der Waals surface area contributed by atoms with Gasteiger partial charge in [0.1, 0.15) is 5.76 Å². The number of furan rings is 1. The molecule has 0 radical (unpaired) electrons. The Bertz CT molecular complexity index is 1380. The Kier molecular flexibility index (Phi) is 5.71. The number of benzene rings is 2. The zero-order chi connectivity index (χ0) is 23.8. The number of hydrogen-bond donors (Lipinski definition) is 2. The third-order valence-electron chi connectivity index (χ3n) is 6.07. The Morgan fingerprint density at radius 2 is 1.79 bits per heavy atom. The molecule has 1 aliphatic rings. The minimum absolute atomic E-state index is 0.284. The fourth-order valence-electron chi connectivity index (χ4n) is 4.29. The predicted octanol–water partition coefficient (Wildman–Crippen LogP) is 4.28. The van der Waals surface area contributed by atoms with Crippen LogP contribution in [0.4, 0.5) is 0 Å². The lowest BCUT2D eigenvalue weighted by atomic mass is 9.93. The summed E-state index contributed by atoms with van der Waals surface area (Å²) in [5.41, 5.74) is 11.4. The fourth-order valence-corrected chi connectivity index (χ4v) is 4.41. The van der Waals surface area contributed by atoms with Crippen molar-refractivity contribution in [1.82, 2.24) is 15.1 Å². The van der Waals surface area contributed by atoms with E-state index in [9.17, 15) is 9.59 Å². The fraction of sp³-hybridized carbons (Fsp3) is 0.192. The van der Waals surface area contributed by atoms with Crippen LogP contribution in [0.2, 0.25) is 5.02 Å². The van der Waals surface area contributed by atoms with Crippen LogP contribution in [0.5, 0.6) is 0 Å². The van der Waals surface area contributed by atoms with Crippen molar-refractivity contribution in [1.29, 1.82) is 0 Å². The van der Waals surface area contributed by atoms with Gasteiger partial charge in [0.2, 0.25) is 5.91 Å². The van der Waals surface area contributed by atoms with Gasteiger partial charge in [-0.2, -0.15) is 5.10 Å². The van der Waals surface area contributed by atoms with Gasteiger partial charge >= 0.3 is 0 Å². The molecular weight excluding hydrogens is 452 g/mol. The van der Waals surface area contributed by atoms with Gasteiger partial charge in [-0.1, -0.05) is 35.9 Å². The molecule has 2 aromatic carbocycles. The van der Waals surface area contributed by atoms with Crippen molar-refractivity contribution in [3.05, 3.63) is 99.1 Å². The maximum absolute atomic E-state index is 12.9. The first-order valence-corrected chi connectivity index (χ1v) is 11.4.